The zero-order valence-corrected chi connectivity index (χ0v) is 15.3. The van der Waals surface area contributed by atoms with Gasteiger partial charge in [-0.25, -0.2) is 4.39 Å². The summed E-state index contributed by atoms with van der Waals surface area (Å²) in [6.45, 7) is 0. The maximum absolute atomic E-state index is 13.8. The predicted octanol–water partition coefficient (Wildman–Crippen LogP) is 4.59. The lowest BCUT2D eigenvalue weighted by Crippen LogP contribution is -2.31. The number of benzene rings is 3. The van der Waals surface area contributed by atoms with Crippen LogP contribution in [0.1, 0.15) is 5.56 Å². The van der Waals surface area contributed by atoms with Crippen molar-refractivity contribution in [2.75, 3.05) is 12.4 Å². The van der Waals surface area contributed by atoms with Crippen molar-refractivity contribution < 1.29 is 13.9 Å². The second kappa shape index (κ2) is 7.32. The molecular weight excluding hydrogens is 363 g/mol. The van der Waals surface area contributed by atoms with E-state index in [2.05, 4.69) is 10.6 Å². The van der Waals surface area contributed by atoms with Crippen molar-refractivity contribution in [3.63, 3.8) is 0 Å². The van der Waals surface area contributed by atoms with Gasteiger partial charge in [-0.05, 0) is 35.0 Å². The van der Waals surface area contributed by atoms with Gasteiger partial charge in [0.15, 0.2) is 5.50 Å². The van der Waals surface area contributed by atoms with Crippen molar-refractivity contribution in [3.8, 4) is 5.75 Å². The molecule has 0 radical (unpaired) electrons. The van der Waals surface area contributed by atoms with E-state index in [0.29, 0.717) is 16.3 Å². The van der Waals surface area contributed by atoms with E-state index in [1.54, 1.807) is 25.3 Å². The molecule has 1 aliphatic rings. The summed E-state index contributed by atoms with van der Waals surface area (Å²) in [6.07, 6.45) is 1.82. The van der Waals surface area contributed by atoms with Gasteiger partial charge in [-0.1, -0.05) is 54.2 Å². The second-order valence-corrected chi connectivity index (χ2v) is 7.15. The number of methoxy groups -OCH3 is 1. The Morgan fingerprint density at radius 3 is 2.70 bits per heavy atom. The third-order valence-corrected chi connectivity index (χ3v) is 5.35. The summed E-state index contributed by atoms with van der Waals surface area (Å²) in [5.74, 6) is 0.129. The molecule has 27 heavy (non-hydrogen) atoms. The van der Waals surface area contributed by atoms with E-state index < -0.39 is 5.50 Å². The second-order valence-electron chi connectivity index (χ2n) is 6.01. The van der Waals surface area contributed by atoms with Gasteiger partial charge in [0.1, 0.15) is 11.6 Å². The van der Waals surface area contributed by atoms with Crippen LogP contribution in [-0.2, 0) is 4.79 Å². The molecule has 2 N–H and O–H groups in total. The number of thioether (sulfide) groups is 1. The van der Waals surface area contributed by atoms with E-state index in [4.69, 9.17) is 4.74 Å². The van der Waals surface area contributed by atoms with E-state index in [-0.39, 0.29) is 11.7 Å². The standard InChI is InChI=1S/C21H17FN2O2S/c1-26-18-11-10-13-6-2-3-7-14(13)15(18)12-19-20(25)24-21(27-19)23-17-9-5-4-8-16(17)22/h2-12,21,23H,1H3,(H,24,25)/b19-12-. The van der Waals surface area contributed by atoms with Gasteiger partial charge in [0.05, 0.1) is 17.7 Å². The molecule has 1 heterocycles. The molecule has 0 aliphatic carbocycles. The van der Waals surface area contributed by atoms with Gasteiger partial charge in [-0.15, -0.1) is 0 Å². The van der Waals surface area contributed by atoms with E-state index in [9.17, 15) is 9.18 Å². The number of rotatable bonds is 4. The smallest absolute Gasteiger partial charge is 0.260 e. The first-order chi connectivity index (χ1) is 13.2. The van der Waals surface area contributed by atoms with Gasteiger partial charge in [-0.3, -0.25) is 4.79 Å². The van der Waals surface area contributed by atoms with E-state index in [0.717, 1.165) is 16.3 Å². The zero-order chi connectivity index (χ0) is 18.8. The molecule has 1 aliphatic heterocycles. The minimum Gasteiger partial charge on any atom is -0.496 e. The first kappa shape index (κ1) is 17.4. The van der Waals surface area contributed by atoms with Crippen LogP contribution >= 0.6 is 11.8 Å². The van der Waals surface area contributed by atoms with Crippen molar-refractivity contribution in [3.05, 3.63) is 76.9 Å². The molecule has 1 saturated heterocycles. The van der Waals surface area contributed by atoms with Gasteiger partial charge < -0.3 is 15.4 Å². The highest BCUT2D eigenvalue weighted by atomic mass is 32.2. The fourth-order valence-electron chi connectivity index (χ4n) is 3.02. The molecule has 6 heteroatoms. The summed E-state index contributed by atoms with van der Waals surface area (Å²) in [7, 11) is 1.61. The van der Waals surface area contributed by atoms with Gasteiger partial charge in [0.25, 0.3) is 5.91 Å². The Kier molecular flexibility index (Phi) is 4.73. The number of carbonyl (C=O) groups excluding carboxylic acids is 1. The van der Waals surface area contributed by atoms with Crippen LogP contribution < -0.4 is 15.4 Å². The molecule has 0 aromatic heterocycles. The molecule has 3 aromatic rings. The Balaban J connectivity index is 1.66. The molecular formula is C21H17FN2O2S. The molecule has 1 unspecified atom stereocenters. The summed E-state index contributed by atoms with van der Waals surface area (Å²) in [5.41, 5.74) is 0.751. The number of hydrogen-bond acceptors (Lipinski definition) is 4. The number of nitrogens with one attached hydrogen (secondary N) is 2. The maximum Gasteiger partial charge on any atom is 0.260 e. The van der Waals surface area contributed by atoms with Crippen LogP contribution in [-0.4, -0.2) is 18.5 Å². The number of hydrogen-bond donors (Lipinski definition) is 2. The maximum atomic E-state index is 13.8. The number of carbonyl (C=O) groups is 1. The fraction of sp³-hybridized carbons (Fsp3) is 0.0952. The number of para-hydroxylation sites is 1. The van der Waals surface area contributed by atoms with Crippen molar-refractivity contribution in [1.82, 2.24) is 5.32 Å². The number of ether oxygens (including phenoxy) is 1. The minimum atomic E-state index is -0.443. The topological polar surface area (TPSA) is 50.4 Å². The summed E-state index contributed by atoms with van der Waals surface area (Å²) in [6, 6.07) is 18.2. The molecule has 1 atom stereocenters. The Morgan fingerprint density at radius 2 is 1.89 bits per heavy atom. The lowest BCUT2D eigenvalue weighted by Gasteiger charge is -2.13. The molecule has 0 saturated carbocycles. The first-order valence-corrected chi connectivity index (χ1v) is 9.30. The highest BCUT2D eigenvalue weighted by molar-refractivity contribution is 8.05. The predicted molar refractivity (Wildman–Crippen MR) is 108 cm³/mol. The SMILES string of the molecule is COc1ccc2ccccc2c1/C=C1\SC(Nc2ccccc2F)NC1=O. The summed E-state index contributed by atoms with van der Waals surface area (Å²) >= 11 is 1.31. The number of halogens is 1. The Bertz CT molecular complexity index is 1050. The van der Waals surface area contributed by atoms with Crippen LogP contribution in [0.15, 0.2) is 65.6 Å². The van der Waals surface area contributed by atoms with E-state index in [1.165, 1.54) is 17.8 Å². The molecule has 0 bridgehead atoms. The quantitative estimate of drug-likeness (QED) is 0.650. The monoisotopic (exact) mass is 380 g/mol. The van der Waals surface area contributed by atoms with Crippen LogP contribution in [0.3, 0.4) is 0 Å². The molecule has 1 fully saturated rings. The Hall–Kier alpha value is -2.99. The average Bonchev–Trinajstić information content (AvgIpc) is 3.03. The van der Waals surface area contributed by atoms with Gasteiger partial charge >= 0.3 is 0 Å². The van der Waals surface area contributed by atoms with Gasteiger partial charge in [0, 0.05) is 5.56 Å². The Morgan fingerprint density at radius 1 is 1.11 bits per heavy atom. The molecule has 0 spiro atoms. The van der Waals surface area contributed by atoms with Crippen molar-refractivity contribution in [2.24, 2.45) is 0 Å². The normalized spacial score (nSPS) is 17.9. The van der Waals surface area contributed by atoms with Crippen LogP contribution in [0.5, 0.6) is 5.75 Å². The molecule has 4 nitrogen and oxygen atoms in total. The van der Waals surface area contributed by atoms with Crippen LogP contribution in [0.25, 0.3) is 16.8 Å². The molecule has 4 rings (SSSR count). The average molecular weight is 380 g/mol. The third-order valence-electron chi connectivity index (χ3n) is 4.32. The summed E-state index contributed by atoms with van der Waals surface area (Å²) < 4.78 is 19.3. The number of anilines is 1. The Labute approximate surface area is 160 Å². The first-order valence-electron chi connectivity index (χ1n) is 8.42. The molecule has 3 aromatic carbocycles. The highest BCUT2D eigenvalue weighted by Gasteiger charge is 2.28. The van der Waals surface area contributed by atoms with Crippen LogP contribution in [0.4, 0.5) is 10.1 Å². The molecule has 1 amide bonds. The fourth-order valence-corrected chi connectivity index (χ4v) is 3.98. The highest BCUT2D eigenvalue weighted by Crippen LogP contribution is 2.35. The lowest BCUT2D eigenvalue weighted by atomic mass is 10.0. The largest absolute Gasteiger partial charge is 0.496 e. The van der Waals surface area contributed by atoms with E-state index in [1.807, 2.05) is 42.5 Å². The number of amides is 1. The van der Waals surface area contributed by atoms with Crippen molar-refractivity contribution in [1.29, 1.82) is 0 Å². The molecule has 136 valence electrons. The van der Waals surface area contributed by atoms with Crippen LogP contribution in [0, 0.1) is 5.82 Å². The van der Waals surface area contributed by atoms with Crippen molar-refractivity contribution in [2.45, 2.75) is 5.50 Å². The lowest BCUT2D eigenvalue weighted by molar-refractivity contribution is -0.116. The van der Waals surface area contributed by atoms with Gasteiger partial charge in [-0.2, -0.15) is 0 Å². The zero-order valence-electron chi connectivity index (χ0n) is 14.5. The summed E-state index contributed by atoms with van der Waals surface area (Å²) in [4.78, 5) is 13.0. The van der Waals surface area contributed by atoms with Crippen LogP contribution in [0.2, 0.25) is 0 Å². The van der Waals surface area contributed by atoms with Gasteiger partial charge in [0.2, 0.25) is 0 Å². The van der Waals surface area contributed by atoms with E-state index >= 15 is 0 Å². The minimum absolute atomic E-state index is 0.205. The third kappa shape index (κ3) is 3.48. The van der Waals surface area contributed by atoms with Crippen molar-refractivity contribution >= 4 is 40.2 Å². The number of fused-ring (bicyclic) bond motifs is 1. The summed E-state index contributed by atoms with van der Waals surface area (Å²) in [5, 5.41) is 7.90.